The lowest BCUT2D eigenvalue weighted by molar-refractivity contribution is -0.384. The molecule has 0 saturated carbocycles. The average Bonchev–Trinajstić information content (AvgIpc) is 3.10. The van der Waals surface area contributed by atoms with Crippen molar-refractivity contribution in [1.29, 1.82) is 0 Å². The molecule has 132 valence electrons. The number of aromatic nitrogens is 3. The number of ether oxygens (including phenoxy) is 1. The number of rotatable bonds is 5. The van der Waals surface area contributed by atoms with Crippen LogP contribution in [0.25, 0.3) is 11.4 Å². The minimum atomic E-state index is -0.458. The quantitative estimate of drug-likeness (QED) is 0.601. The number of nitro groups is 1. The Balaban J connectivity index is 1.65. The zero-order valence-corrected chi connectivity index (χ0v) is 13.9. The first-order valence-electron chi connectivity index (χ1n) is 8.10. The van der Waals surface area contributed by atoms with Gasteiger partial charge in [0.25, 0.3) is 5.69 Å². The van der Waals surface area contributed by atoms with Crippen LogP contribution in [0.2, 0.25) is 0 Å². The monoisotopic (exact) mass is 345 g/mol. The molecule has 9 heteroatoms. The highest BCUT2D eigenvalue weighted by Crippen LogP contribution is 2.19. The molecule has 3 rings (SSSR count). The van der Waals surface area contributed by atoms with Crippen molar-refractivity contribution in [1.82, 2.24) is 19.7 Å². The van der Waals surface area contributed by atoms with Gasteiger partial charge < -0.3 is 9.64 Å². The SMILES string of the molecule is CC[C@H]1CN(C(=O)Cn2cnc(-c3ccc([N+](=O)[O-])cc3)n2)CCO1. The first-order valence-corrected chi connectivity index (χ1v) is 8.10. The standard InChI is InChI=1S/C16H19N5O4/c1-2-14-9-19(7-8-25-14)15(22)10-20-11-17-16(18-20)12-3-5-13(6-4-12)21(23)24/h3-6,11,14H,2,7-10H2,1H3/t14-/m0/s1. The highest BCUT2D eigenvalue weighted by atomic mass is 16.6. The minimum absolute atomic E-state index is 0.0103. The third-order valence-electron chi connectivity index (χ3n) is 4.12. The van der Waals surface area contributed by atoms with Crippen LogP contribution in [0.4, 0.5) is 5.69 Å². The number of non-ortho nitro benzene ring substituents is 1. The number of nitrogens with zero attached hydrogens (tertiary/aromatic N) is 5. The van der Waals surface area contributed by atoms with Crippen molar-refractivity contribution in [3.63, 3.8) is 0 Å². The predicted molar refractivity (Wildman–Crippen MR) is 88.7 cm³/mol. The van der Waals surface area contributed by atoms with Gasteiger partial charge in [-0.1, -0.05) is 6.92 Å². The fourth-order valence-electron chi connectivity index (χ4n) is 2.67. The van der Waals surface area contributed by atoms with Crippen LogP contribution in [-0.4, -0.2) is 56.3 Å². The molecule has 2 aromatic rings. The lowest BCUT2D eigenvalue weighted by atomic mass is 10.2. The summed E-state index contributed by atoms with van der Waals surface area (Å²) in [7, 11) is 0. The van der Waals surface area contributed by atoms with Gasteiger partial charge in [0.2, 0.25) is 5.91 Å². The van der Waals surface area contributed by atoms with Crippen LogP contribution in [0.3, 0.4) is 0 Å². The summed E-state index contributed by atoms with van der Waals surface area (Å²) in [6.07, 6.45) is 2.45. The van der Waals surface area contributed by atoms with Crippen molar-refractivity contribution in [2.75, 3.05) is 19.7 Å². The largest absolute Gasteiger partial charge is 0.375 e. The normalized spacial score (nSPS) is 17.5. The van der Waals surface area contributed by atoms with E-state index >= 15 is 0 Å². The fraction of sp³-hybridized carbons (Fsp3) is 0.438. The van der Waals surface area contributed by atoms with E-state index in [4.69, 9.17) is 4.74 Å². The number of benzene rings is 1. The maximum Gasteiger partial charge on any atom is 0.269 e. The van der Waals surface area contributed by atoms with E-state index in [1.807, 2.05) is 6.92 Å². The second kappa shape index (κ2) is 7.39. The number of nitro benzene ring substituents is 1. The van der Waals surface area contributed by atoms with E-state index in [0.29, 0.717) is 31.1 Å². The molecule has 0 radical (unpaired) electrons. The average molecular weight is 345 g/mol. The highest BCUT2D eigenvalue weighted by Gasteiger charge is 2.23. The molecule has 0 N–H and O–H groups in total. The van der Waals surface area contributed by atoms with Gasteiger partial charge in [0.1, 0.15) is 12.9 Å². The molecule has 1 amide bonds. The number of hydrogen-bond acceptors (Lipinski definition) is 6. The van der Waals surface area contributed by atoms with Crippen molar-refractivity contribution in [2.24, 2.45) is 0 Å². The summed E-state index contributed by atoms with van der Waals surface area (Å²) in [6, 6.07) is 5.99. The van der Waals surface area contributed by atoms with Gasteiger partial charge in [-0.2, -0.15) is 5.10 Å². The van der Waals surface area contributed by atoms with Crippen LogP contribution < -0.4 is 0 Å². The molecule has 2 heterocycles. The van der Waals surface area contributed by atoms with E-state index in [2.05, 4.69) is 10.1 Å². The number of hydrogen-bond donors (Lipinski definition) is 0. The van der Waals surface area contributed by atoms with Crippen molar-refractivity contribution in [3.05, 3.63) is 40.7 Å². The molecule has 1 aliphatic rings. The van der Waals surface area contributed by atoms with Crippen molar-refractivity contribution < 1.29 is 14.5 Å². The molecule has 1 aliphatic heterocycles. The van der Waals surface area contributed by atoms with Gasteiger partial charge in [0, 0.05) is 30.8 Å². The molecule has 1 aromatic heterocycles. The van der Waals surface area contributed by atoms with Crippen LogP contribution in [0.5, 0.6) is 0 Å². The Labute approximate surface area is 144 Å². The molecule has 0 bridgehead atoms. The lowest BCUT2D eigenvalue weighted by Crippen LogP contribution is -2.46. The van der Waals surface area contributed by atoms with Crippen LogP contribution in [0.15, 0.2) is 30.6 Å². The van der Waals surface area contributed by atoms with Gasteiger partial charge >= 0.3 is 0 Å². The Bertz CT molecular complexity index is 758. The van der Waals surface area contributed by atoms with E-state index in [1.165, 1.54) is 23.1 Å². The maximum atomic E-state index is 12.4. The van der Waals surface area contributed by atoms with Crippen LogP contribution >= 0.6 is 0 Å². The zero-order valence-electron chi connectivity index (χ0n) is 13.9. The summed E-state index contributed by atoms with van der Waals surface area (Å²) >= 11 is 0. The second-order valence-corrected chi connectivity index (χ2v) is 5.81. The molecule has 0 aliphatic carbocycles. The summed E-state index contributed by atoms with van der Waals surface area (Å²) in [5.41, 5.74) is 0.672. The molecule has 9 nitrogen and oxygen atoms in total. The van der Waals surface area contributed by atoms with Crippen LogP contribution in [0, 0.1) is 10.1 Å². The Morgan fingerprint density at radius 2 is 2.16 bits per heavy atom. The minimum Gasteiger partial charge on any atom is -0.375 e. The lowest BCUT2D eigenvalue weighted by Gasteiger charge is -2.32. The Hall–Kier alpha value is -2.81. The van der Waals surface area contributed by atoms with Crippen LogP contribution in [0.1, 0.15) is 13.3 Å². The zero-order chi connectivity index (χ0) is 17.8. The van der Waals surface area contributed by atoms with E-state index in [0.717, 1.165) is 6.42 Å². The fourth-order valence-corrected chi connectivity index (χ4v) is 2.67. The highest BCUT2D eigenvalue weighted by molar-refractivity contribution is 5.76. The smallest absolute Gasteiger partial charge is 0.269 e. The molecular formula is C16H19N5O4. The second-order valence-electron chi connectivity index (χ2n) is 5.81. The van der Waals surface area contributed by atoms with E-state index in [-0.39, 0.29) is 24.2 Å². The number of carbonyl (C=O) groups is 1. The summed E-state index contributed by atoms with van der Waals surface area (Å²) in [6.45, 7) is 3.87. The summed E-state index contributed by atoms with van der Waals surface area (Å²) < 4.78 is 7.05. The van der Waals surface area contributed by atoms with Crippen molar-refractivity contribution in [2.45, 2.75) is 26.0 Å². The molecule has 1 fully saturated rings. The van der Waals surface area contributed by atoms with Gasteiger partial charge in [-0.15, -0.1) is 0 Å². The number of morpholine rings is 1. The molecular weight excluding hydrogens is 326 g/mol. The Morgan fingerprint density at radius 3 is 2.84 bits per heavy atom. The predicted octanol–water partition coefficient (Wildman–Crippen LogP) is 1.49. The summed E-state index contributed by atoms with van der Waals surface area (Å²) in [5.74, 6) is 0.401. The maximum absolute atomic E-state index is 12.4. The van der Waals surface area contributed by atoms with E-state index in [1.54, 1.807) is 17.0 Å². The van der Waals surface area contributed by atoms with Crippen molar-refractivity contribution in [3.8, 4) is 11.4 Å². The first kappa shape index (κ1) is 17.0. The molecule has 0 spiro atoms. The van der Waals surface area contributed by atoms with Gasteiger partial charge in [0.05, 0.1) is 17.6 Å². The number of carbonyl (C=O) groups excluding carboxylic acids is 1. The topological polar surface area (TPSA) is 103 Å². The Kier molecular flexibility index (Phi) is 5.03. The van der Waals surface area contributed by atoms with Crippen LogP contribution in [-0.2, 0) is 16.1 Å². The molecule has 25 heavy (non-hydrogen) atoms. The molecule has 1 saturated heterocycles. The first-order chi connectivity index (χ1) is 12.1. The molecule has 1 aromatic carbocycles. The van der Waals surface area contributed by atoms with Gasteiger partial charge in [-0.3, -0.25) is 14.9 Å². The van der Waals surface area contributed by atoms with Gasteiger partial charge in [0.15, 0.2) is 5.82 Å². The van der Waals surface area contributed by atoms with Crippen molar-refractivity contribution >= 4 is 11.6 Å². The summed E-state index contributed by atoms with van der Waals surface area (Å²) in [4.78, 5) is 28.6. The number of amides is 1. The van der Waals surface area contributed by atoms with E-state index in [9.17, 15) is 14.9 Å². The van der Waals surface area contributed by atoms with Gasteiger partial charge in [-0.05, 0) is 18.6 Å². The van der Waals surface area contributed by atoms with E-state index < -0.39 is 4.92 Å². The Morgan fingerprint density at radius 1 is 1.40 bits per heavy atom. The van der Waals surface area contributed by atoms with Gasteiger partial charge in [-0.25, -0.2) is 9.67 Å². The molecule has 1 atom stereocenters. The third-order valence-corrected chi connectivity index (χ3v) is 4.12. The summed E-state index contributed by atoms with van der Waals surface area (Å²) in [5, 5.41) is 15.0. The third kappa shape index (κ3) is 4.00. The molecule has 0 unspecified atom stereocenters.